The monoisotopic (exact) mass is 453 g/mol. The summed E-state index contributed by atoms with van der Waals surface area (Å²) in [6.45, 7) is 2.11. The molecule has 0 fully saturated rings. The fraction of sp³-hybridized carbons (Fsp3) is 0.0625. The van der Waals surface area contributed by atoms with Crippen molar-refractivity contribution in [1.29, 1.82) is 5.26 Å². The Morgan fingerprint density at radius 3 is 2.14 bits per heavy atom. The third kappa shape index (κ3) is 4.43. The van der Waals surface area contributed by atoms with Crippen molar-refractivity contribution in [2.24, 2.45) is 0 Å². The molecule has 35 heavy (non-hydrogen) atoms. The molecule has 0 heterocycles. The maximum absolute atomic E-state index is 11.0. The molecule has 1 aliphatic carbocycles. The number of hydrogen-bond donors (Lipinski definition) is 1. The first-order valence-electron chi connectivity index (χ1n) is 11.5. The molecule has 0 aromatic heterocycles. The summed E-state index contributed by atoms with van der Waals surface area (Å²) in [5.74, 6) is -0.983. The van der Waals surface area contributed by atoms with Gasteiger partial charge in [0.2, 0.25) is 0 Å². The van der Waals surface area contributed by atoms with Crippen molar-refractivity contribution in [2.45, 2.75) is 12.8 Å². The molecule has 0 bridgehead atoms. The van der Waals surface area contributed by atoms with Gasteiger partial charge in [-0.1, -0.05) is 103 Å². The van der Waals surface area contributed by atoms with Crippen LogP contribution in [-0.4, -0.2) is 11.1 Å². The number of hydrogen-bond acceptors (Lipinski definition) is 2. The van der Waals surface area contributed by atoms with Crippen LogP contribution in [0.5, 0.6) is 0 Å². The Kier molecular flexibility index (Phi) is 5.87. The summed E-state index contributed by atoms with van der Waals surface area (Å²) >= 11 is 0. The second kappa shape index (κ2) is 9.29. The molecular weight excluding hydrogens is 430 g/mol. The molecule has 4 aromatic carbocycles. The summed E-state index contributed by atoms with van der Waals surface area (Å²) in [5, 5.41) is 17.9. The van der Waals surface area contributed by atoms with Crippen LogP contribution in [0, 0.1) is 18.3 Å². The SMILES string of the molecule is Cc1ccc(C2c3ccccc3-c3cc(/C=C/c4ccc(/C=C(/C#N)C(=O)O)cc4)ccc32)cc1. The zero-order chi connectivity index (χ0) is 24.4. The summed E-state index contributed by atoms with van der Waals surface area (Å²) in [6.07, 6.45) is 5.50. The highest BCUT2D eigenvalue weighted by Gasteiger charge is 2.29. The van der Waals surface area contributed by atoms with Gasteiger partial charge in [0, 0.05) is 5.92 Å². The molecular formula is C32H23NO2. The van der Waals surface area contributed by atoms with Crippen molar-refractivity contribution in [3.05, 3.63) is 136 Å². The van der Waals surface area contributed by atoms with Crippen LogP contribution in [0.3, 0.4) is 0 Å². The van der Waals surface area contributed by atoms with Gasteiger partial charge in [0.25, 0.3) is 0 Å². The minimum Gasteiger partial charge on any atom is -0.477 e. The van der Waals surface area contributed by atoms with Gasteiger partial charge in [0.05, 0.1) is 0 Å². The van der Waals surface area contributed by atoms with Crippen LogP contribution in [-0.2, 0) is 4.79 Å². The van der Waals surface area contributed by atoms with Crippen LogP contribution in [0.25, 0.3) is 29.4 Å². The number of benzene rings is 4. The average molecular weight is 454 g/mol. The van der Waals surface area contributed by atoms with E-state index >= 15 is 0 Å². The van der Waals surface area contributed by atoms with Gasteiger partial charge in [-0.3, -0.25) is 0 Å². The van der Waals surface area contributed by atoms with Crippen LogP contribution in [0.1, 0.15) is 44.9 Å². The molecule has 1 unspecified atom stereocenters. The normalized spacial score (nSPS) is 14.4. The van der Waals surface area contributed by atoms with Gasteiger partial charge in [-0.15, -0.1) is 0 Å². The zero-order valence-corrected chi connectivity index (χ0v) is 19.3. The van der Waals surface area contributed by atoms with Gasteiger partial charge in [-0.05, 0) is 63.6 Å². The minimum absolute atomic E-state index is 0.240. The summed E-state index contributed by atoms with van der Waals surface area (Å²) in [6, 6.07) is 33.3. The Labute approximate surface area is 204 Å². The molecule has 4 aromatic rings. The highest BCUT2D eigenvalue weighted by Crippen LogP contribution is 2.48. The lowest BCUT2D eigenvalue weighted by atomic mass is 9.89. The fourth-order valence-electron chi connectivity index (χ4n) is 4.65. The molecule has 0 radical (unpaired) electrons. The Morgan fingerprint density at radius 1 is 0.800 bits per heavy atom. The molecule has 0 saturated carbocycles. The van der Waals surface area contributed by atoms with Crippen LogP contribution < -0.4 is 0 Å². The van der Waals surface area contributed by atoms with E-state index in [2.05, 4.69) is 79.7 Å². The molecule has 0 saturated heterocycles. The van der Waals surface area contributed by atoms with Crippen molar-refractivity contribution in [2.75, 3.05) is 0 Å². The molecule has 3 nitrogen and oxygen atoms in total. The van der Waals surface area contributed by atoms with E-state index in [1.165, 1.54) is 39.5 Å². The third-order valence-electron chi connectivity index (χ3n) is 6.43. The van der Waals surface area contributed by atoms with Crippen LogP contribution in [0.4, 0.5) is 0 Å². The first-order valence-corrected chi connectivity index (χ1v) is 11.5. The highest BCUT2D eigenvalue weighted by molar-refractivity contribution is 5.96. The van der Waals surface area contributed by atoms with Crippen molar-refractivity contribution in [1.82, 2.24) is 0 Å². The lowest BCUT2D eigenvalue weighted by molar-refractivity contribution is -0.132. The van der Waals surface area contributed by atoms with Crippen LogP contribution >= 0.6 is 0 Å². The summed E-state index contributed by atoms with van der Waals surface area (Å²) < 4.78 is 0. The van der Waals surface area contributed by atoms with Gasteiger partial charge in [-0.2, -0.15) is 5.26 Å². The van der Waals surface area contributed by atoms with E-state index in [0.29, 0.717) is 5.56 Å². The summed E-state index contributed by atoms with van der Waals surface area (Å²) in [5.41, 5.74) is 10.3. The maximum Gasteiger partial charge on any atom is 0.346 e. The quantitative estimate of drug-likeness (QED) is 0.172. The fourth-order valence-corrected chi connectivity index (χ4v) is 4.65. The predicted molar refractivity (Wildman–Crippen MR) is 141 cm³/mol. The van der Waals surface area contributed by atoms with E-state index < -0.39 is 5.97 Å². The average Bonchev–Trinajstić information content (AvgIpc) is 3.21. The van der Waals surface area contributed by atoms with Gasteiger partial charge in [-0.25, -0.2) is 4.79 Å². The van der Waals surface area contributed by atoms with E-state index in [1.54, 1.807) is 6.07 Å². The Hall–Kier alpha value is -4.68. The molecule has 1 atom stereocenters. The number of aryl methyl sites for hydroxylation is 1. The molecule has 0 amide bonds. The van der Waals surface area contributed by atoms with E-state index in [9.17, 15) is 4.79 Å². The van der Waals surface area contributed by atoms with Crippen molar-refractivity contribution < 1.29 is 9.90 Å². The van der Waals surface area contributed by atoms with Crippen molar-refractivity contribution in [3.8, 4) is 17.2 Å². The van der Waals surface area contributed by atoms with Gasteiger partial charge in [0.1, 0.15) is 11.6 Å². The first-order chi connectivity index (χ1) is 17.0. The molecule has 0 spiro atoms. The molecule has 168 valence electrons. The maximum atomic E-state index is 11.0. The Balaban J connectivity index is 1.44. The van der Waals surface area contributed by atoms with Gasteiger partial charge >= 0.3 is 5.97 Å². The number of nitriles is 1. The lowest BCUT2D eigenvalue weighted by Crippen LogP contribution is -1.99. The van der Waals surface area contributed by atoms with Crippen LogP contribution in [0.2, 0.25) is 0 Å². The number of rotatable bonds is 5. The van der Waals surface area contributed by atoms with Crippen molar-refractivity contribution in [3.63, 3.8) is 0 Å². The number of aliphatic carboxylic acids is 1. The van der Waals surface area contributed by atoms with E-state index in [4.69, 9.17) is 10.4 Å². The molecule has 3 heteroatoms. The molecule has 1 N–H and O–H groups in total. The predicted octanol–water partition coefficient (Wildman–Crippen LogP) is 7.32. The number of carboxylic acid groups (broad SMARTS) is 1. The number of fused-ring (bicyclic) bond motifs is 3. The Bertz CT molecular complexity index is 1520. The minimum atomic E-state index is -1.22. The number of carboxylic acids is 1. The number of carbonyl (C=O) groups is 1. The Morgan fingerprint density at radius 2 is 1.43 bits per heavy atom. The third-order valence-corrected chi connectivity index (χ3v) is 6.43. The standard InChI is InChI=1S/C32H23NO2/c1-21-6-15-25(16-7-21)31-28-5-3-2-4-27(28)30-19-24(14-17-29(30)31)13-10-22-8-11-23(12-9-22)18-26(20-33)32(34)35/h2-19,31H,1H3,(H,34,35)/b13-10+,26-18-. The van der Waals surface area contributed by atoms with Crippen molar-refractivity contribution >= 4 is 24.2 Å². The first kappa shape index (κ1) is 22.1. The van der Waals surface area contributed by atoms with Gasteiger partial charge in [0.15, 0.2) is 0 Å². The molecule has 5 rings (SSSR count). The van der Waals surface area contributed by atoms with E-state index in [-0.39, 0.29) is 11.5 Å². The summed E-state index contributed by atoms with van der Waals surface area (Å²) in [4.78, 5) is 11.0. The van der Waals surface area contributed by atoms with E-state index in [1.807, 2.05) is 30.3 Å². The largest absolute Gasteiger partial charge is 0.477 e. The van der Waals surface area contributed by atoms with E-state index in [0.717, 1.165) is 11.1 Å². The van der Waals surface area contributed by atoms with Crippen LogP contribution in [0.15, 0.2) is 96.6 Å². The second-order valence-electron chi connectivity index (χ2n) is 8.75. The molecule has 0 aliphatic heterocycles. The summed E-state index contributed by atoms with van der Waals surface area (Å²) in [7, 11) is 0. The topological polar surface area (TPSA) is 61.1 Å². The second-order valence-corrected chi connectivity index (χ2v) is 8.75. The molecule has 1 aliphatic rings. The van der Waals surface area contributed by atoms with Gasteiger partial charge < -0.3 is 5.11 Å². The smallest absolute Gasteiger partial charge is 0.346 e. The number of nitrogens with zero attached hydrogens (tertiary/aromatic N) is 1. The lowest BCUT2D eigenvalue weighted by Gasteiger charge is -2.14. The highest BCUT2D eigenvalue weighted by atomic mass is 16.4. The zero-order valence-electron chi connectivity index (χ0n) is 19.3.